The lowest BCUT2D eigenvalue weighted by atomic mass is 10.0. The van der Waals surface area contributed by atoms with Crippen LogP contribution in [0.25, 0.3) is 11.0 Å². The van der Waals surface area contributed by atoms with Gasteiger partial charge in [0, 0.05) is 36.1 Å². The van der Waals surface area contributed by atoms with E-state index in [0.717, 1.165) is 53.1 Å². The fourth-order valence-corrected chi connectivity index (χ4v) is 3.98. The molecule has 0 saturated carbocycles. The number of anilines is 1. The number of furan rings is 1. The van der Waals surface area contributed by atoms with Gasteiger partial charge in [-0.15, -0.1) is 0 Å². The summed E-state index contributed by atoms with van der Waals surface area (Å²) in [7, 11) is 0. The maximum Gasteiger partial charge on any atom is 0.238 e. The van der Waals surface area contributed by atoms with Gasteiger partial charge < -0.3 is 9.73 Å². The van der Waals surface area contributed by atoms with Crippen LogP contribution in [0.1, 0.15) is 28.0 Å². The van der Waals surface area contributed by atoms with Gasteiger partial charge in [-0.3, -0.25) is 9.69 Å². The van der Waals surface area contributed by atoms with Gasteiger partial charge in [-0.05, 0) is 38.0 Å². The van der Waals surface area contributed by atoms with Crippen molar-refractivity contribution in [3.8, 4) is 0 Å². The predicted octanol–water partition coefficient (Wildman–Crippen LogP) is 4.35. The van der Waals surface area contributed by atoms with Crippen LogP contribution in [-0.2, 0) is 17.8 Å². The van der Waals surface area contributed by atoms with Crippen molar-refractivity contribution < 1.29 is 9.21 Å². The summed E-state index contributed by atoms with van der Waals surface area (Å²) in [6.45, 7) is 8.15. The van der Waals surface area contributed by atoms with Crippen LogP contribution in [-0.4, -0.2) is 23.9 Å². The zero-order valence-corrected chi connectivity index (χ0v) is 15.6. The van der Waals surface area contributed by atoms with Crippen LogP contribution in [0.2, 0.25) is 0 Å². The molecule has 2 aromatic carbocycles. The molecule has 0 aliphatic carbocycles. The molecule has 26 heavy (non-hydrogen) atoms. The summed E-state index contributed by atoms with van der Waals surface area (Å²) in [5, 5.41) is 4.27. The highest BCUT2D eigenvalue weighted by molar-refractivity contribution is 5.94. The Kier molecular flexibility index (Phi) is 4.29. The van der Waals surface area contributed by atoms with Crippen molar-refractivity contribution in [1.82, 2.24) is 4.90 Å². The second-order valence-corrected chi connectivity index (χ2v) is 7.28. The van der Waals surface area contributed by atoms with E-state index >= 15 is 0 Å². The summed E-state index contributed by atoms with van der Waals surface area (Å²) in [6, 6.07) is 12.3. The van der Waals surface area contributed by atoms with Crippen molar-refractivity contribution in [2.24, 2.45) is 0 Å². The maximum atomic E-state index is 12.6. The zero-order chi connectivity index (χ0) is 18.3. The molecule has 4 heteroatoms. The van der Waals surface area contributed by atoms with Crippen LogP contribution in [0.4, 0.5) is 5.69 Å². The van der Waals surface area contributed by atoms with E-state index in [1.165, 1.54) is 11.1 Å². The molecule has 1 aromatic heterocycles. The third-order valence-electron chi connectivity index (χ3n) is 5.13. The first-order chi connectivity index (χ1) is 12.5. The Bertz CT molecular complexity index is 964. The van der Waals surface area contributed by atoms with Crippen molar-refractivity contribution >= 4 is 22.6 Å². The number of benzene rings is 2. The Hall–Kier alpha value is -2.59. The lowest BCUT2D eigenvalue weighted by Gasteiger charge is -2.26. The van der Waals surface area contributed by atoms with E-state index in [1.54, 1.807) is 0 Å². The molecule has 2 heterocycles. The molecule has 0 unspecified atom stereocenters. The van der Waals surface area contributed by atoms with E-state index in [2.05, 4.69) is 35.3 Å². The number of para-hydroxylation sites is 1. The summed E-state index contributed by atoms with van der Waals surface area (Å²) in [5.41, 5.74) is 6.53. The molecule has 0 saturated heterocycles. The smallest absolute Gasteiger partial charge is 0.238 e. The van der Waals surface area contributed by atoms with Crippen molar-refractivity contribution in [3.63, 3.8) is 0 Å². The van der Waals surface area contributed by atoms with E-state index in [9.17, 15) is 4.79 Å². The van der Waals surface area contributed by atoms with Gasteiger partial charge in [0.1, 0.15) is 11.3 Å². The van der Waals surface area contributed by atoms with Gasteiger partial charge in [0.25, 0.3) is 0 Å². The summed E-state index contributed by atoms with van der Waals surface area (Å²) in [5.74, 6) is 1.10. The number of rotatable bonds is 3. The summed E-state index contributed by atoms with van der Waals surface area (Å²) >= 11 is 0. The quantitative estimate of drug-likeness (QED) is 0.765. The standard InChI is InChI=1S/C22H24N2O2/c1-14-10-15(2)22(16(3)11-14)23-21(25)13-24-9-8-20-18(12-24)17-6-4-5-7-19(17)26-20/h4-7,10-11H,8-9,12-13H2,1-3H3,(H,23,25). The molecule has 0 bridgehead atoms. The number of carbonyl (C=O) groups excluding carboxylic acids is 1. The molecule has 1 aliphatic heterocycles. The highest BCUT2D eigenvalue weighted by Crippen LogP contribution is 2.30. The molecular weight excluding hydrogens is 324 g/mol. The molecule has 4 nitrogen and oxygen atoms in total. The topological polar surface area (TPSA) is 45.5 Å². The second-order valence-electron chi connectivity index (χ2n) is 7.28. The van der Waals surface area contributed by atoms with Crippen molar-refractivity contribution in [1.29, 1.82) is 0 Å². The first kappa shape index (κ1) is 16.9. The minimum absolute atomic E-state index is 0.0382. The highest BCUT2D eigenvalue weighted by Gasteiger charge is 2.24. The van der Waals surface area contributed by atoms with Gasteiger partial charge >= 0.3 is 0 Å². The fraction of sp³-hybridized carbons (Fsp3) is 0.318. The third kappa shape index (κ3) is 3.13. The number of aryl methyl sites for hydroxylation is 3. The van der Waals surface area contributed by atoms with Gasteiger partial charge in [0.05, 0.1) is 6.54 Å². The minimum Gasteiger partial charge on any atom is -0.461 e. The Morgan fingerprint density at radius 2 is 1.88 bits per heavy atom. The lowest BCUT2D eigenvalue weighted by molar-refractivity contribution is -0.117. The minimum atomic E-state index is 0.0382. The van der Waals surface area contributed by atoms with Crippen LogP contribution in [0.5, 0.6) is 0 Å². The fourth-order valence-electron chi connectivity index (χ4n) is 3.98. The molecule has 0 fully saturated rings. The van der Waals surface area contributed by atoms with E-state index in [0.29, 0.717) is 6.54 Å². The Morgan fingerprint density at radius 3 is 2.65 bits per heavy atom. The first-order valence-corrected chi connectivity index (χ1v) is 9.10. The zero-order valence-electron chi connectivity index (χ0n) is 15.6. The molecule has 1 N–H and O–H groups in total. The van der Waals surface area contributed by atoms with E-state index in [1.807, 2.05) is 32.0 Å². The third-order valence-corrected chi connectivity index (χ3v) is 5.13. The van der Waals surface area contributed by atoms with Gasteiger partial charge in [-0.25, -0.2) is 0 Å². The molecule has 1 aliphatic rings. The molecule has 0 radical (unpaired) electrons. The SMILES string of the molecule is Cc1cc(C)c(NC(=O)CN2CCc3oc4ccccc4c3C2)c(C)c1. The Morgan fingerprint density at radius 1 is 1.15 bits per heavy atom. The molecule has 0 spiro atoms. The average Bonchev–Trinajstić information content (AvgIpc) is 2.96. The first-order valence-electron chi connectivity index (χ1n) is 9.10. The molecule has 0 atom stereocenters. The van der Waals surface area contributed by atoms with Crippen LogP contribution >= 0.6 is 0 Å². The van der Waals surface area contributed by atoms with E-state index in [4.69, 9.17) is 4.42 Å². The molecule has 134 valence electrons. The van der Waals surface area contributed by atoms with Crippen molar-refractivity contribution in [2.45, 2.75) is 33.7 Å². The summed E-state index contributed by atoms with van der Waals surface area (Å²) < 4.78 is 5.95. The molecule has 4 rings (SSSR count). The number of fused-ring (bicyclic) bond motifs is 3. The Balaban J connectivity index is 1.48. The number of nitrogens with zero attached hydrogens (tertiary/aromatic N) is 1. The number of carbonyl (C=O) groups is 1. The largest absolute Gasteiger partial charge is 0.461 e. The average molecular weight is 348 g/mol. The van der Waals surface area contributed by atoms with Crippen molar-refractivity contribution in [3.05, 3.63) is 64.4 Å². The van der Waals surface area contributed by atoms with Gasteiger partial charge in [-0.2, -0.15) is 0 Å². The number of nitrogens with one attached hydrogen (secondary N) is 1. The molecule has 3 aromatic rings. The summed E-state index contributed by atoms with van der Waals surface area (Å²) in [6.07, 6.45) is 0.847. The number of hydrogen-bond donors (Lipinski definition) is 1. The van der Waals surface area contributed by atoms with Crippen molar-refractivity contribution in [2.75, 3.05) is 18.4 Å². The normalized spacial score (nSPS) is 14.4. The van der Waals surface area contributed by atoms with Crippen LogP contribution in [0, 0.1) is 20.8 Å². The maximum absolute atomic E-state index is 12.6. The van der Waals surface area contributed by atoms with E-state index in [-0.39, 0.29) is 5.91 Å². The van der Waals surface area contributed by atoms with Gasteiger partial charge in [0.15, 0.2) is 0 Å². The lowest BCUT2D eigenvalue weighted by Crippen LogP contribution is -2.37. The number of hydrogen-bond acceptors (Lipinski definition) is 3. The highest BCUT2D eigenvalue weighted by atomic mass is 16.3. The van der Waals surface area contributed by atoms with Gasteiger partial charge in [-0.1, -0.05) is 35.9 Å². The summed E-state index contributed by atoms with van der Waals surface area (Å²) in [4.78, 5) is 14.8. The van der Waals surface area contributed by atoms with E-state index < -0.39 is 0 Å². The predicted molar refractivity (Wildman–Crippen MR) is 104 cm³/mol. The van der Waals surface area contributed by atoms with Crippen LogP contribution in [0.15, 0.2) is 40.8 Å². The van der Waals surface area contributed by atoms with Crippen LogP contribution < -0.4 is 5.32 Å². The number of amides is 1. The Labute approximate surface area is 153 Å². The molecular formula is C22H24N2O2. The monoisotopic (exact) mass is 348 g/mol. The van der Waals surface area contributed by atoms with Crippen LogP contribution in [0.3, 0.4) is 0 Å². The molecule has 1 amide bonds. The second kappa shape index (κ2) is 6.61. The van der Waals surface area contributed by atoms with Gasteiger partial charge in [0.2, 0.25) is 5.91 Å².